The maximum atomic E-state index is 11.9. The summed E-state index contributed by atoms with van der Waals surface area (Å²) in [7, 11) is 0. The Hall–Kier alpha value is -2.18. The molecule has 2 nitrogen and oxygen atoms in total. The van der Waals surface area contributed by atoms with E-state index in [0.29, 0.717) is 11.1 Å². The molecule has 3 heteroatoms. The second kappa shape index (κ2) is 6.12. The molecule has 0 bridgehead atoms. The van der Waals surface area contributed by atoms with Crippen molar-refractivity contribution in [2.45, 2.75) is 0 Å². The largest absolute Gasteiger partial charge is 0.289 e. The van der Waals surface area contributed by atoms with Gasteiger partial charge in [0, 0.05) is 10.0 Å². The van der Waals surface area contributed by atoms with Crippen LogP contribution >= 0.6 is 15.9 Å². The first-order valence-corrected chi connectivity index (χ1v) is 6.47. The highest BCUT2D eigenvalue weighted by molar-refractivity contribution is 9.10. The first-order valence-electron chi connectivity index (χ1n) is 5.68. The van der Waals surface area contributed by atoms with Crippen molar-refractivity contribution < 1.29 is 4.79 Å². The van der Waals surface area contributed by atoms with Gasteiger partial charge in [-0.15, -0.1) is 0 Å². The number of allylic oxidation sites excluding steroid dienone is 1. The van der Waals surface area contributed by atoms with Gasteiger partial charge < -0.3 is 0 Å². The van der Waals surface area contributed by atoms with E-state index in [-0.39, 0.29) is 5.78 Å². The summed E-state index contributed by atoms with van der Waals surface area (Å²) in [4.78, 5) is 11.9. The minimum atomic E-state index is -0.0831. The molecule has 0 radical (unpaired) electrons. The molecule has 2 rings (SSSR count). The second-order valence-corrected chi connectivity index (χ2v) is 4.76. The molecule has 0 unspecified atom stereocenters. The molecule has 19 heavy (non-hydrogen) atoms. The van der Waals surface area contributed by atoms with Crippen LogP contribution in [0, 0.1) is 11.3 Å². The Kier molecular flexibility index (Phi) is 4.27. The first kappa shape index (κ1) is 13.3. The van der Waals surface area contributed by atoms with Gasteiger partial charge in [-0.05, 0) is 48.0 Å². The molecule has 0 aliphatic rings. The summed E-state index contributed by atoms with van der Waals surface area (Å²) >= 11 is 3.42. The molecule has 0 aromatic heterocycles. The van der Waals surface area contributed by atoms with Crippen molar-refractivity contribution >= 4 is 27.8 Å². The second-order valence-electron chi connectivity index (χ2n) is 3.91. The molecule has 0 spiro atoms. The summed E-state index contributed by atoms with van der Waals surface area (Å²) in [5.41, 5.74) is 2.07. The molecule has 2 aromatic carbocycles. The molecule has 0 heterocycles. The summed E-state index contributed by atoms with van der Waals surface area (Å²) in [5, 5.41) is 8.70. The minimum Gasteiger partial charge on any atom is -0.289 e. The third-order valence-electron chi connectivity index (χ3n) is 2.62. The van der Waals surface area contributed by atoms with Crippen molar-refractivity contribution in [1.82, 2.24) is 0 Å². The van der Waals surface area contributed by atoms with Crippen LogP contribution in [0.15, 0.2) is 59.1 Å². The van der Waals surface area contributed by atoms with Crippen LogP contribution in [0.2, 0.25) is 0 Å². The number of ketones is 1. The van der Waals surface area contributed by atoms with Gasteiger partial charge in [-0.1, -0.05) is 34.1 Å². The Balaban J connectivity index is 2.17. The van der Waals surface area contributed by atoms with E-state index in [0.717, 1.165) is 10.0 Å². The van der Waals surface area contributed by atoms with Crippen LogP contribution in [0.1, 0.15) is 21.5 Å². The van der Waals surface area contributed by atoms with E-state index < -0.39 is 0 Å². The van der Waals surface area contributed by atoms with Gasteiger partial charge in [0.15, 0.2) is 5.78 Å². The lowest BCUT2D eigenvalue weighted by atomic mass is 10.1. The van der Waals surface area contributed by atoms with E-state index >= 15 is 0 Å². The zero-order valence-corrected chi connectivity index (χ0v) is 11.6. The lowest BCUT2D eigenvalue weighted by molar-refractivity contribution is 0.104. The van der Waals surface area contributed by atoms with Crippen molar-refractivity contribution in [3.05, 3.63) is 75.8 Å². The normalized spacial score (nSPS) is 10.3. The number of benzene rings is 2. The van der Waals surface area contributed by atoms with Gasteiger partial charge in [0.25, 0.3) is 0 Å². The highest BCUT2D eigenvalue weighted by Crippen LogP contribution is 2.17. The van der Waals surface area contributed by atoms with E-state index in [9.17, 15) is 4.79 Å². The van der Waals surface area contributed by atoms with Gasteiger partial charge >= 0.3 is 0 Å². The van der Waals surface area contributed by atoms with Gasteiger partial charge in [-0.25, -0.2) is 0 Å². The van der Waals surface area contributed by atoms with E-state index in [4.69, 9.17) is 5.26 Å². The zero-order valence-electron chi connectivity index (χ0n) is 10.0. The van der Waals surface area contributed by atoms with Crippen LogP contribution < -0.4 is 0 Å². The number of nitrogens with zero attached hydrogens (tertiary/aromatic N) is 1. The fraction of sp³-hybridized carbons (Fsp3) is 0. The Morgan fingerprint density at radius 1 is 1.11 bits per heavy atom. The molecular weight excluding hydrogens is 302 g/mol. The van der Waals surface area contributed by atoms with Crippen molar-refractivity contribution in [3.8, 4) is 6.07 Å². The molecule has 0 amide bonds. The Bertz CT molecular complexity index is 666. The Morgan fingerprint density at radius 2 is 1.79 bits per heavy atom. The number of hydrogen-bond acceptors (Lipinski definition) is 2. The van der Waals surface area contributed by atoms with Crippen molar-refractivity contribution in [3.63, 3.8) is 0 Å². The number of carbonyl (C=O) groups excluding carboxylic acids is 1. The topological polar surface area (TPSA) is 40.9 Å². The third kappa shape index (κ3) is 3.40. The summed E-state index contributed by atoms with van der Waals surface area (Å²) in [5.74, 6) is -0.0831. The summed E-state index contributed by atoms with van der Waals surface area (Å²) < 4.78 is 0.943. The molecule has 92 valence electrons. The van der Waals surface area contributed by atoms with E-state index in [1.807, 2.05) is 30.3 Å². The number of carbonyl (C=O) groups is 1. The average molecular weight is 312 g/mol. The van der Waals surface area contributed by atoms with Gasteiger partial charge in [0.2, 0.25) is 0 Å². The predicted octanol–water partition coefficient (Wildman–Crippen LogP) is 4.22. The molecule has 0 aliphatic heterocycles. The van der Waals surface area contributed by atoms with Crippen LogP contribution in [-0.2, 0) is 0 Å². The van der Waals surface area contributed by atoms with E-state index in [1.54, 1.807) is 30.3 Å². The van der Waals surface area contributed by atoms with E-state index in [1.165, 1.54) is 6.08 Å². The maximum Gasteiger partial charge on any atom is 0.185 e. The van der Waals surface area contributed by atoms with Gasteiger partial charge in [0.1, 0.15) is 0 Å². The Morgan fingerprint density at radius 3 is 2.42 bits per heavy atom. The predicted molar refractivity (Wildman–Crippen MR) is 78.7 cm³/mol. The summed E-state index contributed by atoms with van der Waals surface area (Å²) in [6.45, 7) is 0. The standard InChI is InChI=1S/C16H10BrNO/c17-15-4-2-1-3-13(15)9-10-16(19)14-7-5-12(11-18)6-8-14/h1-10H. The maximum absolute atomic E-state index is 11.9. The smallest absolute Gasteiger partial charge is 0.185 e. The lowest BCUT2D eigenvalue weighted by Gasteiger charge is -1.98. The van der Waals surface area contributed by atoms with Gasteiger partial charge in [-0.3, -0.25) is 4.79 Å². The number of nitriles is 1. The molecule has 0 atom stereocenters. The van der Waals surface area contributed by atoms with E-state index in [2.05, 4.69) is 15.9 Å². The highest BCUT2D eigenvalue weighted by Gasteiger charge is 2.02. The van der Waals surface area contributed by atoms with Crippen LogP contribution in [0.4, 0.5) is 0 Å². The fourth-order valence-corrected chi connectivity index (χ4v) is 2.00. The molecule has 0 fully saturated rings. The number of halogens is 1. The van der Waals surface area contributed by atoms with Crippen molar-refractivity contribution in [2.24, 2.45) is 0 Å². The minimum absolute atomic E-state index is 0.0831. The first-order chi connectivity index (χ1) is 9.20. The molecule has 0 saturated carbocycles. The fourth-order valence-electron chi connectivity index (χ4n) is 1.58. The molecular formula is C16H10BrNO. The van der Waals surface area contributed by atoms with Crippen molar-refractivity contribution in [2.75, 3.05) is 0 Å². The SMILES string of the molecule is N#Cc1ccc(C(=O)C=Cc2ccccc2Br)cc1. The average Bonchev–Trinajstić information content (AvgIpc) is 2.46. The van der Waals surface area contributed by atoms with Crippen LogP contribution in [0.5, 0.6) is 0 Å². The molecule has 0 saturated heterocycles. The quantitative estimate of drug-likeness (QED) is 0.629. The monoisotopic (exact) mass is 311 g/mol. The van der Waals surface area contributed by atoms with Crippen LogP contribution in [0.3, 0.4) is 0 Å². The summed E-state index contributed by atoms with van der Waals surface area (Å²) in [6, 6.07) is 16.3. The Labute approximate surface area is 120 Å². The van der Waals surface area contributed by atoms with Gasteiger partial charge in [-0.2, -0.15) is 5.26 Å². The third-order valence-corrected chi connectivity index (χ3v) is 3.34. The van der Waals surface area contributed by atoms with Crippen LogP contribution in [-0.4, -0.2) is 5.78 Å². The highest BCUT2D eigenvalue weighted by atomic mass is 79.9. The molecule has 2 aromatic rings. The molecule has 0 N–H and O–H groups in total. The summed E-state index contributed by atoms with van der Waals surface area (Å²) in [6.07, 6.45) is 3.30. The van der Waals surface area contributed by atoms with Crippen molar-refractivity contribution in [1.29, 1.82) is 5.26 Å². The molecule has 0 aliphatic carbocycles. The zero-order chi connectivity index (χ0) is 13.7. The van der Waals surface area contributed by atoms with Gasteiger partial charge in [0.05, 0.1) is 11.6 Å². The number of hydrogen-bond donors (Lipinski definition) is 0. The lowest BCUT2D eigenvalue weighted by Crippen LogP contribution is -1.93. The van der Waals surface area contributed by atoms with Crippen LogP contribution in [0.25, 0.3) is 6.08 Å². The number of rotatable bonds is 3.